The lowest BCUT2D eigenvalue weighted by molar-refractivity contribution is 0.618. The summed E-state index contributed by atoms with van der Waals surface area (Å²) in [5.74, 6) is -0.245. The molecule has 0 bridgehead atoms. The molecule has 0 amide bonds. The van der Waals surface area contributed by atoms with Gasteiger partial charge < -0.3 is 0 Å². The highest BCUT2D eigenvalue weighted by Gasteiger charge is 2.11. The van der Waals surface area contributed by atoms with E-state index in [0.29, 0.717) is 20.9 Å². The first-order valence-electron chi connectivity index (χ1n) is 4.92. The minimum absolute atomic E-state index is 0.245. The molecular formula is C13H8BrCl2F. The Morgan fingerprint density at radius 1 is 1.06 bits per heavy atom. The first-order chi connectivity index (χ1) is 8.13. The highest BCUT2D eigenvalue weighted by molar-refractivity contribution is 9.08. The minimum Gasteiger partial charge on any atom is -0.207 e. The van der Waals surface area contributed by atoms with Crippen LogP contribution in [0.4, 0.5) is 4.39 Å². The van der Waals surface area contributed by atoms with Gasteiger partial charge in [0.1, 0.15) is 5.82 Å². The maximum absolute atomic E-state index is 13.6. The third-order valence-corrected chi connectivity index (χ3v) is 3.58. The summed E-state index contributed by atoms with van der Waals surface area (Å²) in [6.45, 7) is 0. The third-order valence-electron chi connectivity index (χ3n) is 2.47. The van der Waals surface area contributed by atoms with Crippen molar-refractivity contribution in [3.63, 3.8) is 0 Å². The van der Waals surface area contributed by atoms with E-state index in [0.717, 1.165) is 11.1 Å². The molecule has 0 aliphatic rings. The van der Waals surface area contributed by atoms with Crippen LogP contribution in [-0.2, 0) is 5.33 Å². The fourth-order valence-electron chi connectivity index (χ4n) is 1.65. The van der Waals surface area contributed by atoms with Crippen LogP contribution in [0.5, 0.6) is 0 Å². The molecular weight excluding hydrogens is 326 g/mol. The second-order valence-electron chi connectivity index (χ2n) is 3.52. The third kappa shape index (κ3) is 2.65. The number of benzene rings is 2. The molecule has 0 aliphatic carbocycles. The second kappa shape index (κ2) is 5.38. The Kier molecular flexibility index (Phi) is 4.08. The van der Waals surface area contributed by atoms with E-state index >= 15 is 0 Å². The van der Waals surface area contributed by atoms with Crippen molar-refractivity contribution in [1.29, 1.82) is 0 Å². The molecule has 17 heavy (non-hydrogen) atoms. The molecule has 0 aliphatic heterocycles. The summed E-state index contributed by atoms with van der Waals surface area (Å²) in [6.07, 6.45) is 0. The monoisotopic (exact) mass is 332 g/mol. The molecule has 2 aromatic rings. The molecule has 88 valence electrons. The van der Waals surface area contributed by atoms with Crippen LogP contribution < -0.4 is 0 Å². The van der Waals surface area contributed by atoms with Crippen LogP contribution in [0, 0.1) is 5.82 Å². The van der Waals surface area contributed by atoms with Gasteiger partial charge in [0.25, 0.3) is 0 Å². The zero-order chi connectivity index (χ0) is 12.4. The number of hydrogen-bond acceptors (Lipinski definition) is 0. The molecule has 4 heteroatoms. The van der Waals surface area contributed by atoms with Crippen molar-refractivity contribution >= 4 is 39.1 Å². The molecule has 2 aromatic carbocycles. The average molecular weight is 334 g/mol. The summed E-state index contributed by atoms with van der Waals surface area (Å²) >= 11 is 15.3. The van der Waals surface area contributed by atoms with Crippen LogP contribution in [0.2, 0.25) is 10.0 Å². The zero-order valence-electron chi connectivity index (χ0n) is 8.68. The molecule has 0 spiro atoms. The van der Waals surface area contributed by atoms with Crippen molar-refractivity contribution in [2.45, 2.75) is 5.33 Å². The Labute approximate surface area is 117 Å². The van der Waals surface area contributed by atoms with E-state index in [1.807, 2.05) is 6.07 Å². The predicted molar refractivity (Wildman–Crippen MR) is 74.5 cm³/mol. The SMILES string of the molecule is Fc1cccc(-c2ccc(Cl)cc2Cl)c1CBr. The summed E-state index contributed by atoms with van der Waals surface area (Å²) in [5, 5.41) is 1.52. The Balaban J connectivity index is 2.64. The standard InChI is InChI=1S/C13H8BrCl2F/c14-7-11-9(2-1-3-13(11)17)10-5-4-8(15)6-12(10)16/h1-6H,7H2. The maximum Gasteiger partial charge on any atom is 0.127 e. The fourth-order valence-corrected chi connectivity index (χ4v) is 2.73. The lowest BCUT2D eigenvalue weighted by Crippen LogP contribution is -1.91. The van der Waals surface area contributed by atoms with E-state index in [4.69, 9.17) is 23.2 Å². The Bertz CT molecular complexity index is 555. The first kappa shape index (κ1) is 12.9. The van der Waals surface area contributed by atoms with Crippen LogP contribution in [0.1, 0.15) is 5.56 Å². The summed E-state index contributed by atoms with van der Waals surface area (Å²) in [4.78, 5) is 0. The van der Waals surface area contributed by atoms with E-state index in [1.165, 1.54) is 6.07 Å². The maximum atomic E-state index is 13.6. The average Bonchev–Trinajstić information content (AvgIpc) is 2.29. The molecule has 0 saturated carbocycles. The van der Waals surface area contributed by atoms with Crippen molar-refractivity contribution in [3.8, 4) is 11.1 Å². The van der Waals surface area contributed by atoms with Crippen molar-refractivity contribution in [1.82, 2.24) is 0 Å². The predicted octanol–water partition coefficient (Wildman–Crippen LogP) is 5.69. The summed E-state index contributed by atoms with van der Waals surface area (Å²) in [7, 11) is 0. The largest absolute Gasteiger partial charge is 0.207 e. The smallest absolute Gasteiger partial charge is 0.127 e. The summed E-state index contributed by atoms with van der Waals surface area (Å²) < 4.78 is 13.6. The number of alkyl halides is 1. The van der Waals surface area contributed by atoms with Gasteiger partial charge >= 0.3 is 0 Å². The van der Waals surface area contributed by atoms with Gasteiger partial charge in [-0.05, 0) is 23.8 Å². The molecule has 2 rings (SSSR count). The fraction of sp³-hybridized carbons (Fsp3) is 0.0769. The van der Waals surface area contributed by atoms with Crippen molar-refractivity contribution in [3.05, 3.63) is 57.8 Å². The topological polar surface area (TPSA) is 0 Å². The first-order valence-corrected chi connectivity index (χ1v) is 6.80. The quantitative estimate of drug-likeness (QED) is 0.619. The molecule has 0 atom stereocenters. The second-order valence-corrected chi connectivity index (χ2v) is 4.93. The van der Waals surface area contributed by atoms with E-state index in [9.17, 15) is 4.39 Å². The lowest BCUT2D eigenvalue weighted by Gasteiger charge is -2.10. The van der Waals surface area contributed by atoms with Crippen molar-refractivity contribution in [2.75, 3.05) is 0 Å². The Morgan fingerprint density at radius 3 is 2.47 bits per heavy atom. The van der Waals surface area contributed by atoms with E-state index in [-0.39, 0.29) is 5.82 Å². The van der Waals surface area contributed by atoms with E-state index in [2.05, 4.69) is 15.9 Å². The van der Waals surface area contributed by atoms with Gasteiger partial charge in [-0.15, -0.1) is 0 Å². The van der Waals surface area contributed by atoms with Gasteiger partial charge in [0.15, 0.2) is 0 Å². The Hall–Kier alpha value is -0.570. The van der Waals surface area contributed by atoms with Crippen molar-refractivity contribution in [2.24, 2.45) is 0 Å². The van der Waals surface area contributed by atoms with Gasteiger partial charge in [-0.2, -0.15) is 0 Å². The van der Waals surface area contributed by atoms with Crippen LogP contribution in [0.3, 0.4) is 0 Å². The minimum atomic E-state index is -0.245. The molecule has 0 heterocycles. The van der Waals surface area contributed by atoms with Crippen LogP contribution in [-0.4, -0.2) is 0 Å². The normalized spacial score (nSPS) is 10.6. The molecule has 0 aromatic heterocycles. The van der Waals surface area contributed by atoms with Crippen molar-refractivity contribution < 1.29 is 4.39 Å². The highest BCUT2D eigenvalue weighted by atomic mass is 79.9. The molecule has 0 radical (unpaired) electrons. The van der Waals surface area contributed by atoms with Gasteiger partial charge in [-0.25, -0.2) is 4.39 Å². The van der Waals surface area contributed by atoms with Gasteiger partial charge in [0.05, 0.1) is 0 Å². The molecule has 0 fully saturated rings. The molecule has 0 unspecified atom stereocenters. The molecule has 0 nitrogen and oxygen atoms in total. The van der Waals surface area contributed by atoms with Crippen LogP contribution >= 0.6 is 39.1 Å². The van der Waals surface area contributed by atoms with Crippen LogP contribution in [0.15, 0.2) is 36.4 Å². The van der Waals surface area contributed by atoms with Gasteiger partial charge in [0, 0.05) is 26.5 Å². The van der Waals surface area contributed by atoms with Crippen LogP contribution in [0.25, 0.3) is 11.1 Å². The van der Waals surface area contributed by atoms with E-state index in [1.54, 1.807) is 24.3 Å². The summed E-state index contributed by atoms with van der Waals surface area (Å²) in [5.41, 5.74) is 2.16. The van der Waals surface area contributed by atoms with Gasteiger partial charge in [-0.1, -0.05) is 57.3 Å². The zero-order valence-corrected chi connectivity index (χ0v) is 11.8. The van der Waals surface area contributed by atoms with Gasteiger partial charge in [0.2, 0.25) is 0 Å². The molecule has 0 N–H and O–H groups in total. The highest BCUT2D eigenvalue weighted by Crippen LogP contribution is 2.34. The Morgan fingerprint density at radius 2 is 1.82 bits per heavy atom. The van der Waals surface area contributed by atoms with E-state index < -0.39 is 0 Å². The number of rotatable bonds is 2. The number of halogens is 4. The summed E-state index contributed by atoms with van der Waals surface area (Å²) in [6, 6.07) is 10.1. The van der Waals surface area contributed by atoms with Gasteiger partial charge in [-0.3, -0.25) is 0 Å². The lowest BCUT2D eigenvalue weighted by atomic mass is 10.0. The molecule has 0 saturated heterocycles. The number of hydrogen-bond donors (Lipinski definition) is 0.